The second-order valence-corrected chi connectivity index (χ2v) is 8.01. The molecule has 2 aromatic rings. The van der Waals surface area contributed by atoms with Crippen molar-refractivity contribution in [1.82, 2.24) is 0 Å². The summed E-state index contributed by atoms with van der Waals surface area (Å²) in [4.78, 5) is 0.728. The molecule has 0 amide bonds. The summed E-state index contributed by atoms with van der Waals surface area (Å²) in [6.45, 7) is 1.87. The highest BCUT2D eigenvalue weighted by molar-refractivity contribution is 8.18. The van der Waals surface area contributed by atoms with E-state index >= 15 is 0 Å². The zero-order valence-corrected chi connectivity index (χ0v) is 15.4. The summed E-state index contributed by atoms with van der Waals surface area (Å²) < 4.78 is 29.1. The van der Waals surface area contributed by atoms with Crippen molar-refractivity contribution in [1.29, 1.82) is 5.26 Å². The molecular weight excluding hydrogens is 368 g/mol. The SMILES string of the molecule is Cc1ccc(S(=O)(=O)O/N=C2C=C/C(=C(\C#N)c3ccccc3)S\2)cc1. The topological polar surface area (TPSA) is 79.5 Å². The van der Waals surface area contributed by atoms with E-state index in [1.165, 1.54) is 23.9 Å². The Morgan fingerprint density at radius 2 is 1.77 bits per heavy atom. The van der Waals surface area contributed by atoms with Crippen LogP contribution in [0.4, 0.5) is 0 Å². The number of aryl methyl sites for hydroxylation is 1. The van der Waals surface area contributed by atoms with Gasteiger partial charge < -0.3 is 0 Å². The molecule has 0 fully saturated rings. The van der Waals surface area contributed by atoms with E-state index in [0.29, 0.717) is 15.5 Å². The minimum atomic E-state index is -3.98. The smallest absolute Gasteiger partial charge is 0.264 e. The van der Waals surface area contributed by atoms with Gasteiger partial charge in [0.25, 0.3) is 0 Å². The average molecular weight is 382 g/mol. The van der Waals surface area contributed by atoms with Gasteiger partial charge in [-0.2, -0.15) is 13.7 Å². The lowest BCUT2D eigenvalue weighted by atomic mass is 10.1. The molecule has 2 aromatic carbocycles. The number of nitriles is 1. The van der Waals surface area contributed by atoms with Gasteiger partial charge >= 0.3 is 10.1 Å². The van der Waals surface area contributed by atoms with E-state index in [2.05, 4.69) is 11.2 Å². The summed E-state index contributed by atoms with van der Waals surface area (Å²) in [5.74, 6) is 0. The van der Waals surface area contributed by atoms with Crippen LogP contribution in [0.5, 0.6) is 0 Å². The number of rotatable bonds is 4. The molecule has 5 nitrogen and oxygen atoms in total. The maximum atomic E-state index is 12.2. The van der Waals surface area contributed by atoms with Crippen molar-refractivity contribution >= 4 is 32.5 Å². The molecule has 26 heavy (non-hydrogen) atoms. The number of hydrogen-bond donors (Lipinski definition) is 0. The Hall–Kier alpha value is -2.82. The third-order valence-corrected chi connectivity index (χ3v) is 5.65. The van der Waals surface area contributed by atoms with E-state index in [1.54, 1.807) is 24.3 Å². The third-order valence-electron chi connectivity index (χ3n) is 3.55. The molecule has 0 atom stereocenters. The van der Waals surface area contributed by atoms with E-state index < -0.39 is 10.1 Å². The van der Waals surface area contributed by atoms with E-state index in [-0.39, 0.29) is 4.90 Å². The number of allylic oxidation sites excluding steroid dienone is 2. The van der Waals surface area contributed by atoms with Crippen LogP contribution >= 0.6 is 11.8 Å². The summed E-state index contributed by atoms with van der Waals surface area (Å²) in [6.07, 6.45) is 3.34. The Morgan fingerprint density at radius 1 is 1.08 bits per heavy atom. The Morgan fingerprint density at radius 3 is 2.42 bits per heavy atom. The van der Waals surface area contributed by atoms with Crippen LogP contribution in [0, 0.1) is 18.3 Å². The van der Waals surface area contributed by atoms with E-state index in [0.717, 1.165) is 11.1 Å². The summed E-state index contributed by atoms with van der Waals surface area (Å²) in [6, 6.07) is 17.7. The molecular formula is C19H14N2O3S2. The van der Waals surface area contributed by atoms with Gasteiger partial charge in [-0.1, -0.05) is 64.9 Å². The normalized spacial score (nSPS) is 17.2. The van der Waals surface area contributed by atoms with Crippen molar-refractivity contribution in [2.75, 3.05) is 0 Å². The van der Waals surface area contributed by atoms with Crippen LogP contribution in [0.2, 0.25) is 0 Å². The highest BCUT2D eigenvalue weighted by Crippen LogP contribution is 2.34. The number of hydrogen-bond acceptors (Lipinski definition) is 6. The molecule has 1 aliphatic heterocycles. The Bertz CT molecular complexity index is 1050. The molecule has 1 aliphatic rings. The molecule has 130 valence electrons. The fourth-order valence-electron chi connectivity index (χ4n) is 2.21. The minimum absolute atomic E-state index is 0.0391. The Kier molecular flexibility index (Phi) is 5.26. The molecule has 0 saturated heterocycles. The van der Waals surface area contributed by atoms with Crippen molar-refractivity contribution in [2.24, 2.45) is 5.16 Å². The standard InChI is InChI=1S/C19H14N2O3S2/c1-14-7-9-16(10-8-14)26(22,23)24-21-19-12-11-18(25-19)17(13-20)15-5-3-2-4-6-15/h2-12H,1H3/b18-17-,21-19+. The molecule has 1 heterocycles. The Balaban J connectivity index is 1.79. The van der Waals surface area contributed by atoms with Crippen LogP contribution in [0.1, 0.15) is 11.1 Å². The van der Waals surface area contributed by atoms with Crippen molar-refractivity contribution < 1.29 is 12.7 Å². The number of oxime groups is 1. The van der Waals surface area contributed by atoms with Crippen LogP contribution in [-0.4, -0.2) is 13.5 Å². The summed E-state index contributed by atoms with van der Waals surface area (Å²) in [5.41, 5.74) is 2.24. The zero-order chi connectivity index (χ0) is 18.6. The monoisotopic (exact) mass is 382 g/mol. The highest BCUT2D eigenvalue weighted by atomic mass is 32.2. The van der Waals surface area contributed by atoms with Crippen LogP contribution in [0.15, 0.2) is 81.7 Å². The number of thioether (sulfide) groups is 1. The molecule has 0 radical (unpaired) electrons. The first-order valence-corrected chi connectivity index (χ1v) is 9.86. The third kappa shape index (κ3) is 4.04. The molecule has 0 aromatic heterocycles. The minimum Gasteiger partial charge on any atom is -0.264 e. The van der Waals surface area contributed by atoms with Crippen molar-refractivity contribution in [2.45, 2.75) is 11.8 Å². The second-order valence-electron chi connectivity index (χ2n) is 5.42. The van der Waals surface area contributed by atoms with Gasteiger partial charge in [0.2, 0.25) is 0 Å². The maximum Gasteiger partial charge on any atom is 0.358 e. The molecule has 0 spiro atoms. The van der Waals surface area contributed by atoms with Gasteiger partial charge in [-0.25, -0.2) is 0 Å². The summed E-state index contributed by atoms with van der Waals surface area (Å²) in [7, 11) is -3.98. The molecule has 0 aliphatic carbocycles. The van der Waals surface area contributed by atoms with E-state index in [1.807, 2.05) is 37.3 Å². The van der Waals surface area contributed by atoms with E-state index in [9.17, 15) is 13.7 Å². The van der Waals surface area contributed by atoms with Gasteiger partial charge in [0.05, 0.1) is 5.57 Å². The van der Waals surface area contributed by atoms with Gasteiger partial charge in [-0.05, 0) is 36.8 Å². The molecule has 0 N–H and O–H groups in total. The lowest BCUT2D eigenvalue weighted by Crippen LogP contribution is -2.03. The predicted octanol–water partition coefficient (Wildman–Crippen LogP) is 4.25. The average Bonchev–Trinajstić information content (AvgIpc) is 3.11. The van der Waals surface area contributed by atoms with Crippen LogP contribution in [0.25, 0.3) is 5.57 Å². The van der Waals surface area contributed by atoms with E-state index in [4.69, 9.17) is 4.28 Å². The molecule has 0 saturated carbocycles. The van der Waals surface area contributed by atoms with Gasteiger partial charge in [-0.15, -0.1) is 0 Å². The maximum absolute atomic E-state index is 12.2. The summed E-state index contributed by atoms with van der Waals surface area (Å²) >= 11 is 1.18. The molecule has 0 unspecified atom stereocenters. The quantitative estimate of drug-likeness (QED) is 0.583. The van der Waals surface area contributed by atoms with Crippen molar-refractivity contribution in [3.63, 3.8) is 0 Å². The fourth-order valence-corrected chi connectivity index (χ4v) is 3.83. The van der Waals surface area contributed by atoms with Crippen LogP contribution in [-0.2, 0) is 14.4 Å². The molecule has 7 heteroatoms. The van der Waals surface area contributed by atoms with Crippen molar-refractivity contribution in [3.8, 4) is 6.07 Å². The lowest BCUT2D eigenvalue weighted by molar-refractivity contribution is 0.340. The second kappa shape index (κ2) is 7.60. The van der Waals surface area contributed by atoms with Gasteiger partial charge in [-0.3, -0.25) is 4.28 Å². The fraction of sp³-hybridized carbons (Fsp3) is 0.0526. The number of benzene rings is 2. The zero-order valence-electron chi connectivity index (χ0n) is 13.8. The van der Waals surface area contributed by atoms with Crippen LogP contribution in [0.3, 0.4) is 0 Å². The van der Waals surface area contributed by atoms with Gasteiger partial charge in [0, 0.05) is 4.91 Å². The highest BCUT2D eigenvalue weighted by Gasteiger charge is 2.19. The first kappa shape index (κ1) is 18.0. The van der Waals surface area contributed by atoms with Crippen LogP contribution < -0.4 is 0 Å². The van der Waals surface area contributed by atoms with Gasteiger partial charge in [0.15, 0.2) is 0 Å². The lowest BCUT2D eigenvalue weighted by Gasteiger charge is -2.03. The molecule has 3 rings (SSSR count). The first-order valence-electron chi connectivity index (χ1n) is 7.63. The summed E-state index contributed by atoms with van der Waals surface area (Å²) in [5, 5.41) is 13.5. The predicted molar refractivity (Wildman–Crippen MR) is 103 cm³/mol. The van der Waals surface area contributed by atoms with Crippen molar-refractivity contribution in [3.05, 3.63) is 82.8 Å². The van der Waals surface area contributed by atoms with Gasteiger partial charge in [0.1, 0.15) is 16.0 Å². The Labute approximate surface area is 156 Å². The molecule has 0 bridgehead atoms. The first-order chi connectivity index (χ1) is 12.5. The number of nitrogens with zero attached hydrogens (tertiary/aromatic N) is 2. The largest absolute Gasteiger partial charge is 0.358 e.